The molecule has 0 saturated heterocycles. The van der Waals surface area contributed by atoms with Gasteiger partial charge >= 0.3 is 0 Å². The Morgan fingerprint density at radius 2 is 0.936 bits per heavy atom. The van der Waals surface area contributed by atoms with Crippen LogP contribution in [-0.4, -0.2) is 9.55 Å². The molecular formula is C43H27BrN2O. The lowest BCUT2D eigenvalue weighted by Crippen LogP contribution is -1.94. The Morgan fingerprint density at radius 1 is 0.447 bits per heavy atom. The van der Waals surface area contributed by atoms with Crippen LogP contribution in [0.4, 0.5) is 0 Å². The molecule has 9 aromatic rings. The van der Waals surface area contributed by atoms with Gasteiger partial charge in [-0.2, -0.15) is 0 Å². The van der Waals surface area contributed by atoms with Gasteiger partial charge in [0.05, 0.1) is 15.5 Å². The molecular weight excluding hydrogens is 640 g/mol. The molecule has 0 unspecified atom stereocenters. The minimum absolute atomic E-state index is 0.612. The standard InChI is InChI=1S/C43H27BrN2O/c44-38-16-9-17-39-42(38)47-43(45-39)30-22-20-28(21-23-30)32-10-1-3-12-34(32)35-13-4-2-11-33(35)29-24-26-31(27-25-29)46-40-18-7-5-14-36(40)37-15-6-8-19-41(37)46/h1-27H. The Labute approximate surface area is 280 Å². The molecule has 4 heteroatoms. The number of hydrogen-bond acceptors (Lipinski definition) is 2. The summed E-state index contributed by atoms with van der Waals surface area (Å²) in [5, 5.41) is 2.54. The third kappa shape index (κ3) is 4.68. The first-order valence-electron chi connectivity index (χ1n) is 15.7. The van der Waals surface area contributed by atoms with Crippen molar-refractivity contribution in [2.45, 2.75) is 0 Å². The first-order chi connectivity index (χ1) is 23.2. The smallest absolute Gasteiger partial charge is 0.227 e. The molecule has 0 fully saturated rings. The molecule has 0 saturated carbocycles. The highest BCUT2D eigenvalue weighted by Gasteiger charge is 2.16. The van der Waals surface area contributed by atoms with E-state index in [0.717, 1.165) is 32.4 Å². The zero-order valence-corrected chi connectivity index (χ0v) is 26.9. The van der Waals surface area contributed by atoms with Gasteiger partial charge in [0, 0.05) is 22.0 Å². The number of halogens is 1. The number of oxazole rings is 1. The molecule has 7 aromatic carbocycles. The molecule has 222 valence electrons. The molecule has 0 aliphatic carbocycles. The number of fused-ring (bicyclic) bond motifs is 4. The van der Waals surface area contributed by atoms with E-state index in [9.17, 15) is 0 Å². The molecule has 0 aliphatic rings. The van der Waals surface area contributed by atoms with E-state index in [1.165, 1.54) is 49.6 Å². The Hall–Kier alpha value is -5.71. The molecule has 0 radical (unpaired) electrons. The Bertz CT molecular complexity index is 2520. The van der Waals surface area contributed by atoms with Crippen molar-refractivity contribution in [1.82, 2.24) is 9.55 Å². The van der Waals surface area contributed by atoms with Crippen LogP contribution in [0.3, 0.4) is 0 Å². The molecule has 0 spiro atoms. The first kappa shape index (κ1) is 27.6. The van der Waals surface area contributed by atoms with E-state index in [1.54, 1.807) is 0 Å². The molecule has 2 aromatic heterocycles. The molecule has 0 bridgehead atoms. The zero-order chi connectivity index (χ0) is 31.3. The molecule has 0 aliphatic heterocycles. The molecule has 0 N–H and O–H groups in total. The van der Waals surface area contributed by atoms with Gasteiger partial charge in [0.2, 0.25) is 5.89 Å². The number of nitrogens with zero attached hydrogens (tertiary/aromatic N) is 2. The third-order valence-corrected chi connectivity index (χ3v) is 9.60. The van der Waals surface area contributed by atoms with Gasteiger partial charge in [0.15, 0.2) is 5.58 Å². The Kier molecular flexibility index (Phi) is 6.61. The first-order valence-corrected chi connectivity index (χ1v) is 16.5. The van der Waals surface area contributed by atoms with Crippen LogP contribution in [-0.2, 0) is 0 Å². The van der Waals surface area contributed by atoms with Crippen molar-refractivity contribution in [1.29, 1.82) is 0 Å². The van der Waals surface area contributed by atoms with Crippen LogP contribution in [0.2, 0.25) is 0 Å². The van der Waals surface area contributed by atoms with Gasteiger partial charge < -0.3 is 8.98 Å². The Morgan fingerprint density at radius 3 is 1.51 bits per heavy atom. The van der Waals surface area contributed by atoms with Crippen LogP contribution in [0.1, 0.15) is 0 Å². The van der Waals surface area contributed by atoms with E-state index in [4.69, 9.17) is 9.40 Å². The van der Waals surface area contributed by atoms with Crippen LogP contribution in [0.25, 0.3) is 83.4 Å². The number of aromatic nitrogens is 2. The quantitative estimate of drug-likeness (QED) is 0.183. The SMILES string of the molecule is Brc1cccc2nc(-c3ccc(-c4ccccc4-c4ccccc4-c4ccc(-n5c6ccccc6c6ccccc65)cc4)cc3)oc12. The summed E-state index contributed by atoms with van der Waals surface area (Å²) in [4.78, 5) is 4.71. The molecule has 47 heavy (non-hydrogen) atoms. The van der Waals surface area contributed by atoms with Crippen molar-refractivity contribution >= 4 is 48.8 Å². The van der Waals surface area contributed by atoms with E-state index in [2.05, 4.69) is 166 Å². The van der Waals surface area contributed by atoms with E-state index in [1.807, 2.05) is 18.2 Å². The normalized spacial score (nSPS) is 11.5. The van der Waals surface area contributed by atoms with Crippen LogP contribution in [0, 0.1) is 0 Å². The molecule has 2 heterocycles. The van der Waals surface area contributed by atoms with Crippen LogP contribution >= 0.6 is 15.9 Å². The fourth-order valence-corrected chi connectivity index (χ4v) is 7.20. The number of rotatable bonds is 5. The summed E-state index contributed by atoms with van der Waals surface area (Å²) >= 11 is 3.57. The predicted octanol–water partition coefficient (Wildman–Crippen LogP) is 12.4. The minimum Gasteiger partial charge on any atom is -0.435 e. The number of para-hydroxylation sites is 3. The van der Waals surface area contributed by atoms with Crippen molar-refractivity contribution < 1.29 is 4.42 Å². The van der Waals surface area contributed by atoms with Gasteiger partial charge in [-0.1, -0.05) is 115 Å². The largest absolute Gasteiger partial charge is 0.435 e. The summed E-state index contributed by atoms with van der Waals surface area (Å²) < 4.78 is 9.37. The number of hydrogen-bond donors (Lipinski definition) is 0. The topological polar surface area (TPSA) is 31.0 Å². The summed E-state index contributed by atoms with van der Waals surface area (Å²) in [5.74, 6) is 0.612. The second kappa shape index (κ2) is 11.3. The van der Waals surface area contributed by atoms with E-state index in [0.29, 0.717) is 5.89 Å². The van der Waals surface area contributed by atoms with E-state index >= 15 is 0 Å². The number of benzene rings is 7. The minimum atomic E-state index is 0.612. The van der Waals surface area contributed by atoms with Gasteiger partial charge in [-0.15, -0.1) is 0 Å². The lowest BCUT2D eigenvalue weighted by Gasteiger charge is -2.15. The summed E-state index contributed by atoms with van der Waals surface area (Å²) in [7, 11) is 0. The van der Waals surface area contributed by atoms with E-state index < -0.39 is 0 Å². The van der Waals surface area contributed by atoms with Gasteiger partial charge in [0.25, 0.3) is 0 Å². The van der Waals surface area contributed by atoms with E-state index in [-0.39, 0.29) is 0 Å². The third-order valence-electron chi connectivity index (χ3n) is 8.97. The summed E-state index contributed by atoms with van der Waals surface area (Å²) in [6.07, 6.45) is 0. The predicted molar refractivity (Wildman–Crippen MR) is 198 cm³/mol. The molecule has 9 rings (SSSR count). The fourth-order valence-electron chi connectivity index (χ4n) is 6.76. The second-order valence-corrected chi connectivity index (χ2v) is 12.5. The lowest BCUT2D eigenvalue weighted by atomic mass is 9.89. The van der Waals surface area contributed by atoms with Gasteiger partial charge in [-0.3, -0.25) is 0 Å². The van der Waals surface area contributed by atoms with Crippen molar-refractivity contribution in [2.75, 3.05) is 0 Å². The van der Waals surface area contributed by atoms with Crippen molar-refractivity contribution in [3.05, 3.63) is 168 Å². The van der Waals surface area contributed by atoms with Crippen LogP contribution in [0.5, 0.6) is 0 Å². The van der Waals surface area contributed by atoms with Crippen LogP contribution in [0.15, 0.2) is 173 Å². The summed E-state index contributed by atoms with van der Waals surface area (Å²) in [5.41, 5.74) is 13.2. The average molecular weight is 668 g/mol. The van der Waals surface area contributed by atoms with Gasteiger partial charge in [0.1, 0.15) is 5.52 Å². The zero-order valence-electron chi connectivity index (χ0n) is 25.3. The van der Waals surface area contributed by atoms with Gasteiger partial charge in [-0.25, -0.2) is 4.98 Å². The summed E-state index contributed by atoms with van der Waals surface area (Å²) in [6, 6.07) is 57.9. The molecule has 0 amide bonds. The molecule has 3 nitrogen and oxygen atoms in total. The summed E-state index contributed by atoms with van der Waals surface area (Å²) in [6.45, 7) is 0. The molecule has 0 atom stereocenters. The monoisotopic (exact) mass is 666 g/mol. The highest BCUT2D eigenvalue weighted by molar-refractivity contribution is 9.10. The Balaban J connectivity index is 1.09. The van der Waals surface area contributed by atoms with Crippen molar-refractivity contribution in [3.8, 4) is 50.5 Å². The van der Waals surface area contributed by atoms with Crippen molar-refractivity contribution in [2.24, 2.45) is 0 Å². The second-order valence-electron chi connectivity index (χ2n) is 11.7. The maximum Gasteiger partial charge on any atom is 0.227 e. The fraction of sp³-hybridized carbons (Fsp3) is 0. The lowest BCUT2D eigenvalue weighted by molar-refractivity contribution is 0.618. The highest BCUT2D eigenvalue weighted by Crippen LogP contribution is 2.40. The van der Waals surface area contributed by atoms with Gasteiger partial charge in [-0.05, 0) is 97.8 Å². The van der Waals surface area contributed by atoms with Crippen LogP contribution < -0.4 is 0 Å². The maximum atomic E-state index is 6.10. The van der Waals surface area contributed by atoms with Crippen molar-refractivity contribution in [3.63, 3.8) is 0 Å². The maximum absolute atomic E-state index is 6.10. The average Bonchev–Trinajstić information content (AvgIpc) is 3.73. The highest BCUT2D eigenvalue weighted by atomic mass is 79.9.